The Balaban J connectivity index is 1.49. The van der Waals surface area contributed by atoms with E-state index < -0.39 is 0 Å². The summed E-state index contributed by atoms with van der Waals surface area (Å²) in [5.74, 6) is 0. The van der Waals surface area contributed by atoms with Crippen LogP contribution in [0.25, 0.3) is 10.9 Å². The molecule has 0 fully saturated rings. The molecule has 0 bridgehead atoms. The van der Waals surface area contributed by atoms with Gasteiger partial charge in [0.15, 0.2) is 0 Å². The van der Waals surface area contributed by atoms with Crippen molar-refractivity contribution in [3.8, 4) is 0 Å². The summed E-state index contributed by atoms with van der Waals surface area (Å²) in [4.78, 5) is 9.60. The predicted octanol–water partition coefficient (Wildman–Crippen LogP) is 6.91. The smallest absolute Gasteiger partial charge is 0.0705 e. The highest BCUT2D eigenvalue weighted by atomic mass is 15.1. The van der Waals surface area contributed by atoms with Gasteiger partial charge in [0, 0.05) is 35.1 Å². The number of aromatic amines is 1. The fourth-order valence-corrected chi connectivity index (χ4v) is 4.53. The fourth-order valence-electron chi connectivity index (χ4n) is 4.53. The molecule has 4 aromatic rings. The van der Waals surface area contributed by atoms with E-state index in [1.165, 1.54) is 22.1 Å². The average molecular weight is 441 g/mol. The van der Waals surface area contributed by atoms with Gasteiger partial charge in [-0.25, -0.2) is 0 Å². The Bertz CT molecular complexity index is 1220. The molecule has 3 aromatic heterocycles. The van der Waals surface area contributed by atoms with E-state index in [-0.39, 0.29) is 16.2 Å². The maximum atomic E-state index is 4.98. The van der Waals surface area contributed by atoms with Gasteiger partial charge >= 0.3 is 0 Å². The monoisotopic (exact) mass is 440 g/mol. The van der Waals surface area contributed by atoms with E-state index >= 15 is 0 Å². The summed E-state index contributed by atoms with van der Waals surface area (Å²) < 4.78 is 0. The number of para-hydroxylation sites is 1. The molecule has 0 saturated carbocycles. The van der Waals surface area contributed by atoms with E-state index in [2.05, 4.69) is 99.2 Å². The first kappa shape index (κ1) is 23.2. The van der Waals surface area contributed by atoms with Crippen molar-refractivity contribution in [2.24, 2.45) is 0 Å². The van der Waals surface area contributed by atoms with Crippen LogP contribution >= 0.6 is 0 Å². The highest BCUT2D eigenvalue weighted by molar-refractivity contribution is 5.78. The largest absolute Gasteiger partial charge is 0.285 e. The Morgan fingerprint density at radius 3 is 2.27 bits per heavy atom. The van der Waals surface area contributed by atoms with Crippen LogP contribution < -0.4 is 0 Å². The van der Waals surface area contributed by atoms with Crippen molar-refractivity contribution in [2.45, 2.75) is 77.0 Å². The highest BCUT2D eigenvalue weighted by Gasteiger charge is 2.29. The summed E-state index contributed by atoms with van der Waals surface area (Å²) in [7, 11) is 0. The number of nitrogens with zero attached hydrogens (tertiary/aromatic N) is 3. The third-order valence-corrected chi connectivity index (χ3v) is 7.17. The first-order valence-corrected chi connectivity index (χ1v) is 11.9. The van der Waals surface area contributed by atoms with Crippen molar-refractivity contribution in [1.82, 2.24) is 20.2 Å². The van der Waals surface area contributed by atoms with Gasteiger partial charge in [0.25, 0.3) is 0 Å². The lowest BCUT2D eigenvalue weighted by atomic mass is 9.73. The number of hydrogen-bond donors (Lipinski definition) is 1. The number of pyridine rings is 2. The van der Waals surface area contributed by atoms with Crippen LogP contribution in [-0.4, -0.2) is 20.2 Å². The minimum Gasteiger partial charge on any atom is -0.285 e. The van der Waals surface area contributed by atoms with Gasteiger partial charge in [-0.2, -0.15) is 5.10 Å². The van der Waals surface area contributed by atoms with Crippen LogP contribution in [0.15, 0.2) is 67.3 Å². The van der Waals surface area contributed by atoms with Crippen LogP contribution in [0.3, 0.4) is 0 Å². The molecule has 0 aliphatic rings. The molecule has 33 heavy (non-hydrogen) atoms. The first-order chi connectivity index (χ1) is 15.6. The third-order valence-electron chi connectivity index (χ3n) is 7.17. The van der Waals surface area contributed by atoms with E-state index in [0.29, 0.717) is 0 Å². The normalized spacial score (nSPS) is 12.9. The van der Waals surface area contributed by atoms with Crippen LogP contribution in [0, 0.1) is 0 Å². The lowest BCUT2D eigenvalue weighted by molar-refractivity contribution is 0.368. The number of nitrogens with one attached hydrogen (secondary N) is 1. The lowest BCUT2D eigenvalue weighted by Gasteiger charge is -2.32. The number of aromatic nitrogens is 4. The van der Waals surface area contributed by atoms with Crippen LogP contribution in [0.5, 0.6) is 0 Å². The van der Waals surface area contributed by atoms with Crippen molar-refractivity contribution in [2.75, 3.05) is 0 Å². The Kier molecular flexibility index (Phi) is 6.13. The maximum absolute atomic E-state index is 4.98. The van der Waals surface area contributed by atoms with Crippen LogP contribution in [-0.2, 0) is 22.7 Å². The van der Waals surface area contributed by atoms with Crippen molar-refractivity contribution in [3.63, 3.8) is 0 Å². The van der Waals surface area contributed by atoms with Gasteiger partial charge in [0.2, 0.25) is 0 Å². The van der Waals surface area contributed by atoms with E-state index in [1.807, 2.05) is 24.8 Å². The Morgan fingerprint density at radius 1 is 0.758 bits per heavy atom. The second-order valence-corrected chi connectivity index (χ2v) is 11.3. The molecule has 172 valence electrons. The Labute approximate surface area is 197 Å². The number of rotatable bonds is 8. The summed E-state index contributed by atoms with van der Waals surface area (Å²) in [6, 6.07) is 15.1. The quantitative estimate of drug-likeness (QED) is 0.324. The van der Waals surface area contributed by atoms with Gasteiger partial charge in [-0.05, 0) is 58.9 Å². The fraction of sp³-hybridized carbons (Fsp3) is 0.414. The molecule has 0 aliphatic carbocycles. The van der Waals surface area contributed by atoms with Crippen molar-refractivity contribution in [3.05, 3.63) is 89.6 Å². The molecule has 1 N–H and O–H groups in total. The van der Waals surface area contributed by atoms with E-state index in [4.69, 9.17) is 4.98 Å². The SMILES string of the molecule is CC(C)(CCC(C)(C)c1ccc2ccccc2n1)c1cncc(CC(C)(C)c2cn[nH]c2)c1. The average Bonchev–Trinajstić information content (AvgIpc) is 3.34. The second-order valence-electron chi connectivity index (χ2n) is 11.3. The molecule has 0 saturated heterocycles. The molecule has 0 atom stereocenters. The minimum absolute atomic E-state index is 0.00118. The molecule has 1 aromatic carbocycles. The highest BCUT2D eigenvalue weighted by Crippen LogP contribution is 2.36. The summed E-state index contributed by atoms with van der Waals surface area (Å²) in [5, 5.41) is 8.26. The zero-order chi connectivity index (χ0) is 23.7. The summed E-state index contributed by atoms with van der Waals surface area (Å²) in [6.07, 6.45) is 11.0. The molecule has 0 spiro atoms. The molecule has 0 unspecified atom stereocenters. The lowest BCUT2D eigenvalue weighted by Crippen LogP contribution is -2.26. The molecule has 0 aliphatic heterocycles. The van der Waals surface area contributed by atoms with Crippen LogP contribution in [0.2, 0.25) is 0 Å². The Hall–Kier alpha value is -3.01. The van der Waals surface area contributed by atoms with Crippen LogP contribution in [0.4, 0.5) is 0 Å². The van der Waals surface area contributed by atoms with Crippen molar-refractivity contribution in [1.29, 1.82) is 0 Å². The first-order valence-electron chi connectivity index (χ1n) is 11.9. The van der Waals surface area contributed by atoms with Gasteiger partial charge in [-0.3, -0.25) is 15.1 Å². The number of hydrogen-bond acceptors (Lipinski definition) is 3. The molecular formula is C29H36N4. The third kappa shape index (κ3) is 5.16. The number of H-pyrrole nitrogens is 1. The number of fused-ring (bicyclic) bond motifs is 1. The van der Waals surface area contributed by atoms with Gasteiger partial charge in [0.1, 0.15) is 0 Å². The van der Waals surface area contributed by atoms with E-state index in [9.17, 15) is 0 Å². The van der Waals surface area contributed by atoms with Gasteiger partial charge < -0.3 is 0 Å². The topological polar surface area (TPSA) is 54.5 Å². The van der Waals surface area contributed by atoms with E-state index in [0.717, 1.165) is 30.5 Å². The van der Waals surface area contributed by atoms with Crippen molar-refractivity contribution >= 4 is 10.9 Å². The van der Waals surface area contributed by atoms with Crippen molar-refractivity contribution < 1.29 is 0 Å². The summed E-state index contributed by atoms with van der Waals surface area (Å²) in [5.41, 5.74) is 6.03. The summed E-state index contributed by atoms with van der Waals surface area (Å²) in [6.45, 7) is 13.8. The zero-order valence-corrected chi connectivity index (χ0v) is 20.8. The predicted molar refractivity (Wildman–Crippen MR) is 137 cm³/mol. The molecule has 4 rings (SSSR count). The van der Waals surface area contributed by atoms with Gasteiger partial charge in [0.05, 0.1) is 11.7 Å². The molecule has 4 heteroatoms. The zero-order valence-electron chi connectivity index (χ0n) is 20.8. The summed E-state index contributed by atoms with van der Waals surface area (Å²) >= 11 is 0. The van der Waals surface area contributed by atoms with Crippen LogP contribution in [0.1, 0.15) is 76.8 Å². The molecule has 4 nitrogen and oxygen atoms in total. The minimum atomic E-state index is -0.00435. The van der Waals surface area contributed by atoms with Gasteiger partial charge in [-0.15, -0.1) is 0 Å². The maximum Gasteiger partial charge on any atom is 0.0705 e. The Morgan fingerprint density at radius 2 is 1.52 bits per heavy atom. The second kappa shape index (κ2) is 8.74. The molecule has 0 amide bonds. The van der Waals surface area contributed by atoms with E-state index in [1.54, 1.807) is 0 Å². The molecule has 0 radical (unpaired) electrons. The molecular weight excluding hydrogens is 404 g/mol. The standard InChI is InChI=1S/C29H36N4/c1-27(2,13-14-28(3,4)26-12-11-22-9-7-8-10-25(22)33-26)23-15-21(17-30-18-23)16-29(5,6)24-19-31-32-20-24/h7-12,15,17-20H,13-14,16H2,1-6H3,(H,31,32). The van der Waals surface area contributed by atoms with Gasteiger partial charge in [-0.1, -0.05) is 71.9 Å². The molecule has 3 heterocycles. The number of benzene rings is 1.